The molecule has 2 aliphatic rings. The molecule has 0 bridgehead atoms. The molecule has 0 saturated carbocycles. The number of nitrogens with zero attached hydrogens (tertiary/aromatic N) is 2. The molecule has 150 valence electrons. The van der Waals surface area contributed by atoms with E-state index in [0.717, 1.165) is 25.8 Å². The predicted octanol–water partition coefficient (Wildman–Crippen LogP) is 1.89. The maximum Gasteiger partial charge on any atom is 0.256 e. The van der Waals surface area contributed by atoms with Crippen LogP contribution in [0.1, 0.15) is 49.9 Å². The first kappa shape index (κ1) is 20.2. The van der Waals surface area contributed by atoms with Crippen LogP contribution < -0.4 is 5.32 Å². The molecule has 1 spiro atoms. The van der Waals surface area contributed by atoms with Gasteiger partial charge in [0.2, 0.25) is 11.1 Å². The topological polar surface area (TPSA) is 86.0 Å². The van der Waals surface area contributed by atoms with E-state index in [0.29, 0.717) is 18.7 Å². The van der Waals surface area contributed by atoms with Gasteiger partial charge in [0.15, 0.2) is 0 Å². The van der Waals surface area contributed by atoms with Gasteiger partial charge in [-0.3, -0.25) is 14.5 Å². The molecule has 0 aliphatic carbocycles. The second-order valence-electron chi connectivity index (χ2n) is 8.36. The number of amides is 2. The predicted molar refractivity (Wildman–Crippen MR) is 102 cm³/mol. The van der Waals surface area contributed by atoms with Gasteiger partial charge in [-0.1, -0.05) is 0 Å². The number of likely N-dealkylation sites (N-methyl/N-ethyl adjacent to an activating group) is 1. The highest BCUT2D eigenvalue weighted by Gasteiger charge is 2.50. The van der Waals surface area contributed by atoms with Gasteiger partial charge in [-0.15, -0.1) is 0 Å². The molecule has 2 aliphatic heterocycles. The first-order valence-electron chi connectivity index (χ1n) is 9.38. The second kappa shape index (κ2) is 7.45. The first-order chi connectivity index (χ1) is 12.6. The zero-order valence-corrected chi connectivity index (χ0v) is 16.9. The number of carbonyl (C=O) groups excluding carboxylic acids is 2. The fraction of sp³-hybridized carbons (Fsp3) is 0.684. The van der Waals surface area contributed by atoms with Crippen LogP contribution in [0.25, 0.3) is 0 Å². The van der Waals surface area contributed by atoms with Crippen molar-refractivity contribution in [2.75, 3.05) is 26.7 Å². The highest BCUT2D eigenvalue weighted by Crippen LogP contribution is 2.37. The van der Waals surface area contributed by atoms with E-state index in [2.05, 4.69) is 10.2 Å². The van der Waals surface area contributed by atoms with Gasteiger partial charge in [0.05, 0.1) is 35.4 Å². The monoisotopic (exact) mass is 397 g/mol. The number of rotatable bonds is 4. The summed E-state index contributed by atoms with van der Waals surface area (Å²) in [5, 5.41) is 13.2. The summed E-state index contributed by atoms with van der Waals surface area (Å²) in [6.45, 7) is 5.35. The lowest BCUT2D eigenvalue weighted by atomic mass is 9.82. The fourth-order valence-corrected chi connectivity index (χ4v) is 4.53. The van der Waals surface area contributed by atoms with Crippen molar-refractivity contribution in [3.63, 3.8) is 0 Å². The number of aliphatic hydroxyl groups is 1. The minimum atomic E-state index is -1.03. The molecular weight excluding hydrogens is 370 g/mol. The molecule has 2 unspecified atom stereocenters. The van der Waals surface area contributed by atoms with Crippen molar-refractivity contribution in [2.24, 2.45) is 0 Å². The van der Waals surface area contributed by atoms with Crippen molar-refractivity contribution in [2.45, 2.75) is 56.7 Å². The molecule has 27 heavy (non-hydrogen) atoms. The Hall–Kier alpha value is -1.57. The van der Waals surface area contributed by atoms with Crippen molar-refractivity contribution >= 4 is 23.4 Å². The Morgan fingerprint density at radius 1 is 1.44 bits per heavy atom. The largest absolute Gasteiger partial charge is 0.452 e. The highest BCUT2D eigenvalue weighted by atomic mass is 35.5. The van der Waals surface area contributed by atoms with Gasteiger partial charge in [-0.05, 0) is 57.8 Å². The van der Waals surface area contributed by atoms with Crippen LogP contribution in [0.2, 0.25) is 5.22 Å². The minimum absolute atomic E-state index is 0.0511. The summed E-state index contributed by atoms with van der Waals surface area (Å²) in [5.41, 5.74) is -1.01. The van der Waals surface area contributed by atoms with Crippen LogP contribution in [0.4, 0.5) is 0 Å². The van der Waals surface area contributed by atoms with Crippen LogP contribution >= 0.6 is 11.6 Å². The van der Waals surface area contributed by atoms with Crippen molar-refractivity contribution in [1.29, 1.82) is 0 Å². The molecular formula is C19H28ClN3O4. The van der Waals surface area contributed by atoms with Crippen LogP contribution in [0.3, 0.4) is 0 Å². The molecule has 8 heteroatoms. The third-order valence-corrected chi connectivity index (χ3v) is 6.06. The standard InChI is InChI=1S/C19H28ClN3O4/c1-18(2,26)11-15(24)23-8-4-7-19(12-23)14(5-9-22(19)3)21-17(25)13-6-10-27-16(13)20/h6,10,14,26H,4-5,7-9,11-12H2,1-3H3,(H,21,25). The van der Waals surface area contributed by atoms with E-state index < -0.39 is 5.60 Å². The molecule has 2 N–H and O–H groups in total. The minimum Gasteiger partial charge on any atom is -0.452 e. The third kappa shape index (κ3) is 4.15. The summed E-state index contributed by atoms with van der Waals surface area (Å²) in [7, 11) is 2.04. The van der Waals surface area contributed by atoms with E-state index in [1.54, 1.807) is 19.9 Å². The number of carbonyl (C=O) groups is 2. The summed E-state index contributed by atoms with van der Waals surface area (Å²) >= 11 is 5.94. The van der Waals surface area contributed by atoms with Gasteiger partial charge in [0.25, 0.3) is 5.91 Å². The Morgan fingerprint density at radius 3 is 2.81 bits per heavy atom. The van der Waals surface area contributed by atoms with E-state index in [-0.39, 0.29) is 35.0 Å². The van der Waals surface area contributed by atoms with Crippen molar-refractivity contribution < 1.29 is 19.1 Å². The Labute approximate surface area is 164 Å². The van der Waals surface area contributed by atoms with E-state index in [4.69, 9.17) is 16.0 Å². The summed E-state index contributed by atoms with van der Waals surface area (Å²) in [6.07, 6.45) is 4.06. The molecule has 2 fully saturated rings. The molecule has 2 atom stereocenters. The van der Waals surface area contributed by atoms with Crippen LogP contribution in [0.15, 0.2) is 16.7 Å². The quantitative estimate of drug-likeness (QED) is 0.810. The van der Waals surface area contributed by atoms with Crippen LogP contribution in [0.5, 0.6) is 0 Å². The number of piperidine rings is 1. The Bertz CT molecular complexity index is 714. The average Bonchev–Trinajstić information content (AvgIpc) is 3.13. The molecule has 2 amide bonds. The van der Waals surface area contributed by atoms with E-state index >= 15 is 0 Å². The summed E-state index contributed by atoms with van der Waals surface area (Å²) in [6, 6.07) is 1.47. The third-order valence-electron chi connectivity index (χ3n) is 5.77. The Balaban J connectivity index is 1.76. The van der Waals surface area contributed by atoms with Crippen molar-refractivity contribution in [3.8, 4) is 0 Å². The summed E-state index contributed by atoms with van der Waals surface area (Å²) < 4.78 is 5.02. The SMILES string of the molecule is CN1CCC(NC(=O)c2ccoc2Cl)C12CCCN(C(=O)CC(C)(C)O)C2. The van der Waals surface area contributed by atoms with Gasteiger partial charge in [0.1, 0.15) is 0 Å². The molecule has 2 saturated heterocycles. The number of likely N-dealkylation sites (tertiary alicyclic amines) is 2. The van der Waals surface area contributed by atoms with Gasteiger partial charge in [-0.2, -0.15) is 0 Å². The van der Waals surface area contributed by atoms with E-state index in [1.807, 2.05) is 11.9 Å². The lowest BCUT2D eigenvalue weighted by Crippen LogP contribution is -2.64. The van der Waals surface area contributed by atoms with Gasteiger partial charge >= 0.3 is 0 Å². The van der Waals surface area contributed by atoms with Crippen molar-refractivity contribution in [3.05, 3.63) is 23.1 Å². The van der Waals surface area contributed by atoms with Gasteiger partial charge in [0, 0.05) is 19.6 Å². The lowest BCUT2D eigenvalue weighted by molar-refractivity contribution is -0.139. The number of halogens is 1. The Morgan fingerprint density at radius 2 is 2.19 bits per heavy atom. The fourth-order valence-electron chi connectivity index (χ4n) is 4.33. The molecule has 7 nitrogen and oxygen atoms in total. The van der Waals surface area contributed by atoms with E-state index in [9.17, 15) is 14.7 Å². The number of hydrogen-bond donors (Lipinski definition) is 2. The number of hydrogen-bond acceptors (Lipinski definition) is 5. The zero-order valence-electron chi connectivity index (χ0n) is 16.1. The number of nitrogens with one attached hydrogen (secondary N) is 1. The average molecular weight is 398 g/mol. The first-order valence-corrected chi connectivity index (χ1v) is 9.75. The maximum atomic E-state index is 12.7. The van der Waals surface area contributed by atoms with Crippen LogP contribution in [0, 0.1) is 0 Å². The molecule has 3 heterocycles. The molecule has 1 aromatic rings. The normalized spacial score (nSPS) is 26.6. The van der Waals surface area contributed by atoms with Gasteiger partial charge < -0.3 is 19.7 Å². The summed E-state index contributed by atoms with van der Waals surface area (Å²) in [4.78, 5) is 29.4. The number of furan rings is 1. The second-order valence-corrected chi connectivity index (χ2v) is 8.70. The molecule has 3 rings (SSSR count). The van der Waals surface area contributed by atoms with Crippen molar-refractivity contribution in [1.82, 2.24) is 15.1 Å². The van der Waals surface area contributed by atoms with Gasteiger partial charge in [-0.25, -0.2) is 0 Å². The summed E-state index contributed by atoms with van der Waals surface area (Å²) in [5.74, 6) is -0.307. The maximum absolute atomic E-state index is 12.7. The highest BCUT2D eigenvalue weighted by molar-refractivity contribution is 6.32. The zero-order chi connectivity index (χ0) is 19.8. The molecule has 0 aromatic carbocycles. The van der Waals surface area contributed by atoms with E-state index in [1.165, 1.54) is 6.26 Å². The van der Waals surface area contributed by atoms with Crippen LogP contribution in [-0.4, -0.2) is 70.6 Å². The molecule has 0 radical (unpaired) electrons. The van der Waals surface area contributed by atoms with Crippen LogP contribution in [-0.2, 0) is 4.79 Å². The Kier molecular flexibility index (Phi) is 5.57. The lowest BCUT2D eigenvalue weighted by Gasteiger charge is -2.48. The smallest absolute Gasteiger partial charge is 0.256 e. The molecule has 1 aromatic heterocycles.